The smallest absolute Gasteiger partial charge is 0.0416 e. The lowest BCUT2D eigenvalue weighted by molar-refractivity contribution is 0.862. The fourth-order valence-electron chi connectivity index (χ4n) is 2.66. The van der Waals surface area contributed by atoms with E-state index in [0.29, 0.717) is 0 Å². The fraction of sp³-hybridized carbons (Fsp3) is 0.385. The SMILES string of the molecule is c1ccc2c(c1)NCCC1=C2CCC1. The van der Waals surface area contributed by atoms with Crippen LogP contribution in [-0.4, -0.2) is 6.54 Å². The first-order chi connectivity index (χ1) is 6.95. The maximum absolute atomic E-state index is 3.51. The van der Waals surface area contributed by atoms with Crippen LogP contribution in [0.4, 0.5) is 5.69 Å². The van der Waals surface area contributed by atoms with Crippen molar-refractivity contribution in [1.29, 1.82) is 0 Å². The Kier molecular flexibility index (Phi) is 1.83. The van der Waals surface area contributed by atoms with Crippen LogP contribution in [0.5, 0.6) is 0 Å². The van der Waals surface area contributed by atoms with Gasteiger partial charge < -0.3 is 5.32 Å². The zero-order valence-corrected chi connectivity index (χ0v) is 8.34. The number of para-hydroxylation sites is 1. The average Bonchev–Trinajstić information content (AvgIpc) is 2.61. The summed E-state index contributed by atoms with van der Waals surface area (Å²) in [4.78, 5) is 0. The molecule has 0 radical (unpaired) electrons. The molecule has 0 aromatic heterocycles. The quantitative estimate of drug-likeness (QED) is 0.653. The van der Waals surface area contributed by atoms with Gasteiger partial charge in [-0.2, -0.15) is 0 Å². The molecule has 72 valence electrons. The van der Waals surface area contributed by atoms with Crippen LogP contribution in [0.1, 0.15) is 31.2 Å². The maximum Gasteiger partial charge on any atom is 0.0416 e. The Hall–Kier alpha value is -1.24. The van der Waals surface area contributed by atoms with Gasteiger partial charge >= 0.3 is 0 Å². The molecule has 1 aliphatic heterocycles. The van der Waals surface area contributed by atoms with Gasteiger partial charge in [0, 0.05) is 17.8 Å². The molecular weight excluding hydrogens is 170 g/mol. The number of nitrogens with one attached hydrogen (secondary N) is 1. The highest BCUT2D eigenvalue weighted by Gasteiger charge is 2.20. The van der Waals surface area contributed by atoms with E-state index in [9.17, 15) is 0 Å². The number of hydrogen-bond acceptors (Lipinski definition) is 1. The Morgan fingerprint density at radius 2 is 1.93 bits per heavy atom. The maximum atomic E-state index is 3.51. The van der Waals surface area contributed by atoms with Gasteiger partial charge in [0.05, 0.1) is 0 Å². The zero-order chi connectivity index (χ0) is 9.38. The van der Waals surface area contributed by atoms with Crippen molar-refractivity contribution in [1.82, 2.24) is 0 Å². The van der Waals surface area contributed by atoms with Crippen LogP contribution in [0.25, 0.3) is 5.57 Å². The number of benzene rings is 1. The highest BCUT2D eigenvalue weighted by molar-refractivity contribution is 5.80. The molecular formula is C13H15N. The zero-order valence-electron chi connectivity index (χ0n) is 8.34. The van der Waals surface area contributed by atoms with Crippen molar-refractivity contribution in [3.63, 3.8) is 0 Å². The van der Waals surface area contributed by atoms with E-state index in [2.05, 4.69) is 29.6 Å². The third-order valence-electron chi connectivity index (χ3n) is 3.33. The number of hydrogen-bond donors (Lipinski definition) is 1. The molecule has 0 bridgehead atoms. The molecule has 1 nitrogen and oxygen atoms in total. The predicted octanol–water partition coefficient (Wildman–Crippen LogP) is 3.44. The Morgan fingerprint density at radius 1 is 1.00 bits per heavy atom. The van der Waals surface area contributed by atoms with Crippen LogP contribution in [0.15, 0.2) is 29.8 Å². The molecule has 0 spiro atoms. The first-order valence-corrected chi connectivity index (χ1v) is 5.49. The van der Waals surface area contributed by atoms with Gasteiger partial charge in [0.25, 0.3) is 0 Å². The van der Waals surface area contributed by atoms with Gasteiger partial charge in [-0.05, 0) is 37.3 Å². The lowest BCUT2D eigenvalue weighted by Gasteiger charge is -2.08. The summed E-state index contributed by atoms with van der Waals surface area (Å²) in [6, 6.07) is 8.72. The largest absolute Gasteiger partial charge is 0.384 e. The van der Waals surface area contributed by atoms with Crippen LogP contribution in [-0.2, 0) is 0 Å². The summed E-state index contributed by atoms with van der Waals surface area (Å²) in [5, 5.41) is 3.51. The van der Waals surface area contributed by atoms with E-state index in [1.54, 1.807) is 11.1 Å². The average molecular weight is 185 g/mol. The number of fused-ring (bicyclic) bond motifs is 2. The van der Waals surface area contributed by atoms with E-state index < -0.39 is 0 Å². The van der Waals surface area contributed by atoms with Crippen LogP contribution >= 0.6 is 0 Å². The molecule has 0 atom stereocenters. The van der Waals surface area contributed by atoms with E-state index >= 15 is 0 Å². The number of rotatable bonds is 0. The van der Waals surface area contributed by atoms with Gasteiger partial charge in [0.2, 0.25) is 0 Å². The topological polar surface area (TPSA) is 12.0 Å². The van der Waals surface area contributed by atoms with Gasteiger partial charge in [0.1, 0.15) is 0 Å². The monoisotopic (exact) mass is 185 g/mol. The Labute approximate surface area is 84.8 Å². The Bertz CT molecular complexity index is 390. The minimum atomic E-state index is 1.11. The molecule has 0 unspecified atom stereocenters. The number of allylic oxidation sites excluding steroid dienone is 1. The third kappa shape index (κ3) is 1.16. The lowest BCUT2D eigenvalue weighted by Crippen LogP contribution is -2.00. The van der Waals surface area contributed by atoms with Crippen LogP contribution in [0, 0.1) is 0 Å². The van der Waals surface area contributed by atoms with E-state index in [0.717, 1.165) is 6.54 Å². The first-order valence-electron chi connectivity index (χ1n) is 5.49. The summed E-state index contributed by atoms with van der Waals surface area (Å²) < 4.78 is 0. The second-order valence-electron chi connectivity index (χ2n) is 4.16. The standard InChI is InChI=1S/C13H15N/c1-2-7-13-12(5-1)11-6-3-4-10(11)8-9-14-13/h1-2,5,7,14H,3-4,6,8-9H2. The van der Waals surface area contributed by atoms with E-state index in [1.807, 2.05) is 0 Å². The van der Waals surface area contributed by atoms with E-state index in [-0.39, 0.29) is 0 Å². The minimum absolute atomic E-state index is 1.11. The molecule has 14 heavy (non-hydrogen) atoms. The molecule has 1 heterocycles. The summed E-state index contributed by atoms with van der Waals surface area (Å²) in [7, 11) is 0. The molecule has 1 heteroatoms. The van der Waals surface area contributed by atoms with Crippen molar-refractivity contribution >= 4 is 11.3 Å². The molecule has 0 amide bonds. The third-order valence-corrected chi connectivity index (χ3v) is 3.33. The van der Waals surface area contributed by atoms with Crippen LogP contribution in [0.3, 0.4) is 0 Å². The van der Waals surface area contributed by atoms with Crippen molar-refractivity contribution in [2.75, 3.05) is 11.9 Å². The van der Waals surface area contributed by atoms with Gasteiger partial charge in [-0.1, -0.05) is 23.8 Å². The molecule has 1 N–H and O–H groups in total. The van der Waals surface area contributed by atoms with Crippen molar-refractivity contribution in [3.8, 4) is 0 Å². The summed E-state index contributed by atoms with van der Waals surface area (Å²) in [6.45, 7) is 1.11. The first kappa shape index (κ1) is 8.10. The van der Waals surface area contributed by atoms with Gasteiger partial charge in [-0.25, -0.2) is 0 Å². The highest BCUT2D eigenvalue weighted by Crippen LogP contribution is 2.40. The molecule has 0 fully saturated rings. The Morgan fingerprint density at radius 3 is 2.93 bits per heavy atom. The van der Waals surface area contributed by atoms with Crippen LogP contribution < -0.4 is 5.32 Å². The molecule has 1 aliphatic carbocycles. The molecule has 3 rings (SSSR count). The van der Waals surface area contributed by atoms with Gasteiger partial charge in [0.15, 0.2) is 0 Å². The molecule has 0 saturated carbocycles. The Balaban J connectivity index is 2.16. The number of anilines is 1. The summed E-state index contributed by atoms with van der Waals surface area (Å²) in [5.74, 6) is 0. The predicted molar refractivity (Wildman–Crippen MR) is 60.3 cm³/mol. The van der Waals surface area contributed by atoms with E-state index in [1.165, 1.54) is 36.9 Å². The second kappa shape index (κ2) is 3.16. The second-order valence-corrected chi connectivity index (χ2v) is 4.16. The normalized spacial score (nSPS) is 19.7. The van der Waals surface area contributed by atoms with Gasteiger partial charge in [-0.3, -0.25) is 0 Å². The molecule has 1 aromatic rings. The summed E-state index contributed by atoms with van der Waals surface area (Å²) >= 11 is 0. The van der Waals surface area contributed by atoms with Crippen LogP contribution in [0.2, 0.25) is 0 Å². The molecule has 2 aliphatic rings. The van der Waals surface area contributed by atoms with Crippen molar-refractivity contribution < 1.29 is 0 Å². The van der Waals surface area contributed by atoms with Gasteiger partial charge in [-0.15, -0.1) is 0 Å². The highest BCUT2D eigenvalue weighted by atomic mass is 14.9. The van der Waals surface area contributed by atoms with Crippen molar-refractivity contribution in [3.05, 3.63) is 35.4 Å². The molecule has 1 aromatic carbocycles. The summed E-state index contributed by atoms with van der Waals surface area (Å²) in [6.07, 6.45) is 5.21. The fourth-order valence-corrected chi connectivity index (χ4v) is 2.66. The van der Waals surface area contributed by atoms with Crippen molar-refractivity contribution in [2.24, 2.45) is 0 Å². The van der Waals surface area contributed by atoms with E-state index in [4.69, 9.17) is 0 Å². The summed E-state index contributed by atoms with van der Waals surface area (Å²) in [5.41, 5.74) is 6.12. The minimum Gasteiger partial charge on any atom is -0.384 e. The molecule has 0 saturated heterocycles. The lowest BCUT2D eigenvalue weighted by atomic mass is 10.0. The van der Waals surface area contributed by atoms with Crippen molar-refractivity contribution in [2.45, 2.75) is 25.7 Å².